The lowest BCUT2D eigenvalue weighted by atomic mass is 10.1. The van der Waals surface area contributed by atoms with Gasteiger partial charge in [0.05, 0.1) is 5.69 Å². The first-order chi connectivity index (χ1) is 11.0. The second kappa shape index (κ2) is 7.73. The number of nitrogens with one attached hydrogen (secondary N) is 3. The Balaban J connectivity index is 1.97. The van der Waals surface area contributed by atoms with Crippen LogP contribution in [0.1, 0.15) is 37.0 Å². The van der Waals surface area contributed by atoms with E-state index in [2.05, 4.69) is 16.1 Å². The molecule has 7 nitrogen and oxygen atoms in total. The largest absolute Gasteiger partial charge is 0.350 e. The lowest BCUT2D eigenvalue weighted by molar-refractivity contribution is -0.130. The molecule has 0 saturated carbocycles. The molecule has 1 heterocycles. The normalized spacial score (nSPS) is 16.0. The quantitative estimate of drug-likeness (QED) is 0.715. The number of anilines is 1. The molecule has 0 radical (unpaired) electrons. The average molecular weight is 318 g/mol. The van der Waals surface area contributed by atoms with Gasteiger partial charge < -0.3 is 10.6 Å². The van der Waals surface area contributed by atoms with E-state index >= 15 is 0 Å². The molecule has 3 N–H and O–H groups in total. The van der Waals surface area contributed by atoms with Crippen LogP contribution in [0, 0.1) is 0 Å². The Bertz CT molecular complexity index is 585. The standard InChI is InChI=1S/C16H22N4O3/c1-3-17-11(2)10-18-16(23)12-4-6-13(7-5-12)20-15(22)9-8-14(21)19-20/h4-7,11,17H,3,8-10H2,1-2H3,(H,18,23)(H,19,21)/t11-/m1/s1. The minimum Gasteiger partial charge on any atom is -0.350 e. The number of benzene rings is 1. The molecule has 0 spiro atoms. The molecule has 1 atom stereocenters. The third-order valence-corrected chi connectivity index (χ3v) is 3.56. The molecule has 0 bridgehead atoms. The van der Waals surface area contributed by atoms with Gasteiger partial charge in [0.1, 0.15) is 0 Å². The number of hydrogen-bond donors (Lipinski definition) is 3. The molecule has 124 valence electrons. The van der Waals surface area contributed by atoms with E-state index in [4.69, 9.17) is 0 Å². The Labute approximate surface area is 135 Å². The van der Waals surface area contributed by atoms with E-state index in [0.717, 1.165) is 6.54 Å². The third kappa shape index (κ3) is 4.53. The van der Waals surface area contributed by atoms with Gasteiger partial charge in [-0.2, -0.15) is 0 Å². The summed E-state index contributed by atoms with van der Waals surface area (Å²) in [6.07, 6.45) is 0.399. The van der Waals surface area contributed by atoms with Gasteiger partial charge in [0, 0.05) is 31.0 Å². The van der Waals surface area contributed by atoms with Crippen LogP contribution in [-0.4, -0.2) is 36.9 Å². The molecule has 1 aromatic carbocycles. The predicted octanol–water partition coefficient (Wildman–Crippen LogP) is 0.572. The van der Waals surface area contributed by atoms with E-state index in [0.29, 0.717) is 17.8 Å². The molecule has 0 aromatic heterocycles. The molecular formula is C16H22N4O3. The molecule has 23 heavy (non-hydrogen) atoms. The summed E-state index contributed by atoms with van der Waals surface area (Å²) >= 11 is 0. The highest BCUT2D eigenvalue weighted by atomic mass is 16.2. The van der Waals surface area contributed by atoms with Crippen molar-refractivity contribution in [3.63, 3.8) is 0 Å². The predicted molar refractivity (Wildman–Crippen MR) is 86.8 cm³/mol. The SMILES string of the molecule is CCN[C@H](C)CNC(=O)c1ccc(N2NC(=O)CCC2=O)cc1. The lowest BCUT2D eigenvalue weighted by Gasteiger charge is -2.27. The Morgan fingerprint density at radius 3 is 2.61 bits per heavy atom. The zero-order valence-electron chi connectivity index (χ0n) is 13.4. The summed E-state index contributed by atoms with van der Waals surface area (Å²) in [5.41, 5.74) is 3.57. The van der Waals surface area contributed by atoms with Gasteiger partial charge in [-0.15, -0.1) is 0 Å². The van der Waals surface area contributed by atoms with Gasteiger partial charge in [-0.3, -0.25) is 19.8 Å². The number of nitrogens with zero attached hydrogens (tertiary/aromatic N) is 1. The van der Waals surface area contributed by atoms with E-state index in [1.807, 2.05) is 13.8 Å². The van der Waals surface area contributed by atoms with Gasteiger partial charge >= 0.3 is 0 Å². The van der Waals surface area contributed by atoms with Gasteiger partial charge in [-0.1, -0.05) is 6.92 Å². The van der Waals surface area contributed by atoms with E-state index in [1.165, 1.54) is 5.01 Å². The summed E-state index contributed by atoms with van der Waals surface area (Å²) in [5, 5.41) is 7.28. The number of carbonyl (C=O) groups is 3. The molecule has 1 saturated heterocycles. The summed E-state index contributed by atoms with van der Waals surface area (Å²) in [6.45, 7) is 5.39. The van der Waals surface area contributed by atoms with Crippen molar-refractivity contribution in [3.05, 3.63) is 29.8 Å². The van der Waals surface area contributed by atoms with Gasteiger partial charge in [-0.25, -0.2) is 5.01 Å². The summed E-state index contributed by atoms with van der Waals surface area (Å²) in [4.78, 5) is 35.3. The molecule has 3 amide bonds. The van der Waals surface area contributed by atoms with Crippen molar-refractivity contribution < 1.29 is 14.4 Å². The van der Waals surface area contributed by atoms with Crippen molar-refractivity contribution in [1.82, 2.24) is 16.1 Å². The van der Waals surface area contributed by atoms with Crippen molar-refractivity contribution in [3.8, 4) is 0 Å². The molecule has 1 aliphatic heterocycles. The third-order valence-electron chi connectivity index (χ3n) is 3.56. The maximum atomic E-state index is 12.1. The maximum Gasteiger partial charge on any atom is 0.251 e. The lowest BCUT2D eigenvalue weighted by Crippen LogP contribution is -2.50. The zero-order chi connectivity index (χ0) is 16.8. The Hall–Kier alpha value is -2.41. The van der Waals surface area contributed by atoms with Crippen molar-refractivity contribution >= 4 is 23.4 Å². The number of hydrazine groups is 1. The van der Waals surface area contributed by atoms with Crippen LogP contribution in [0.15, 0.2) is 24.3 Å². The van der Waals surface area contributed by atoms with Crippen LogP contribution in [0.3, 0.4) is 0 Å². The fraction of sp³-hybridized carbons (Fsp3) is 0.438. The second-order valence-electron chi connectivity index (χ2n) is 5.48. The zero-order valence-corrected chi connectivity index (χ0v) is 13.4. The van der Waals surface area contributed by atoms with Gasteiger partial charge in [0.2, 0.25) is 11.8 Å². The summed E-state index contributed by atoms with van der Waals surface area (Å²) in [5.74, 6) is -0.527. The monoisotopic (exact) mass is 318 g/mol. The first-order valence-corrected chi connectivity index (χ1v) is 7.75. The molecular weight excluding hydrogens is 296 g/mol. The number of likely N-dealkylation sites (N-methyl/N-ethyl adjacent to an activating group) is 1. The van der Waals surface area contributed by atoms with Crippen LogP contribution < -0.4 is 21.1 Å². The summed E-state index contributed by atoms with van der Waals surface area (Å²) < 4.78 is 0. The van der Waals surface area contributed by atoms with Crippen molar-refractivity contribution in [1.29, 1.82) is 0 Å². The number of carbonyl (C=O) groups excluding carboxylic acids is 3. The highest BCUT2D eigenvalue weighted by molar-refractivity contribution is 6.01. The van der Waals surface area contributed by atoms with E-state index in [-0.39, 0.29) is 36.6 Å². The van der Waals surface area contributed by atoms with Crippen molar-refractivity contribution in [2.75, 3.05) is 18.1 Å². The molecule has 1 aliphatic rings. The van der Waals surface area contributed by atoms with E-state index in [1.54, 1.807) is 24.3 Å². The first-order valence-electron chi connectivity index (χ1n) is 7.75. The van der Waals surface area contributed by atoms with Crippen LogP contribution in [-0.2, 0) is 9.59 Å². The van der Waals surface area contributed by atoms with Crippen LogP contribution in [0.25, 0.3) is 0 Å². The van der Waals surface area contributed by atoms with Crippen LogP contribution in [0.2, 0.25) is 0 Å². The van der Waals surface area contributed by atoms with E-state index in [9.17, 15) is 14.4 Å². The number of rotatable bonds is 6. The molecule has 1 aromatic rings. The minimum absolute atomic E-state index is 0.165. The minimum atomic E-state index is -0.191. The number of hydrogen-bond acceptors (Lipinski definition) is 4. The Kier molecular flexibility index (Phi) is 5.70. The fourth-order valence-electron chi connectivity index (χ4n) is 2.31. The smallest absolute Gasteiger partial charge is 0.251 e. The van der Waals surface area contributed by atoms with Gasteiger partial charge in [0.25, 0.3) is 5.91 Å². The van der Waals surface area contributed by atoms with Crippen molar-refractivity contribution in [2.45, 2.75) is 32.7 Å². The molecule has 2 rings (SSSR count). The first kappa shape index (κ1) is 17.0. The second-order valence-corrected chi connectivity index (χ2v) is 5.48. The Morgan fingerprint density at radius 1 is 1.26 bits per heavy atom. The van der Waals surface area contributed by atoms with Crippen LogP contribution in [0.4, 0.5) is 5.69 Å². The Morgan fingerprint density at radius 2 is 1.96 bits per heavy atom. The number of amides is 3. The fourth-order valence-corrected chi connectivity index (χ4v) is 2.31. The van der Waals surface area contributed by atoms with Crippen molar-refractivity contribution in [2.24, 2.45) is 0 Å². The van der Waals surface area contributed by atoms with Gasteiger partial charge in [-0.05, 0) is 37.7 Å². The van der Waals surface area contributed by atoms with Crippen LogP contribution in [0.5, 0.6) is 0 Å². The summed E-state index contributed by atoms with van der Waals surface area (Å²) in [7, 11) is 0. The van der Waals surface area contributed by atoms with Crippen LogP contribution >= 0.6 is 0 Å². The summed E-state index contributed by atoms with van der Waals surface area (Å²) in [6, 6.07) is 6.76. The highest BCUT2D eigenvalue weighted by Gasteiger charge is 2.24. The maximum absolute atomic E-state index is 12.1. The average Bonchev–Trinajstić information content (AvgIpc) is 2.55. The molecule has 1 fully saturated rings. The highest BCUT2D eigenvalue weighted by Crippen LogP contribution is 2.17. The van der Waals surface area contributed by atoms with Gasteiger partial charge in [0.15, 0.2) is 0 Å². The van der Waals surface area contributed by atoms with E-state index < -0.39 is 0 Å². The topological polar surface area (TPSA) is 90.5 Å². The molecule has 7 heteroatoms. The molecule has 0 unspecified atom stereocenters. The molecule has 0 aliphatic carbocycles.